The van der Waals surface area contributed by atoms with Crippen molar-refractivity contribution in [1.29, 1.82) is 0 Å². The first-order chi connectivity index (χ1) is 10.2. The average Bonchev–Trinajstić information content (AvgIpc) is 2.56. The lowest BCUT2D eigenvalue weighted by Crippen LogP contribution is -2.41. The molecule has 0 amide bonds. The molecule has 1 saturated heterocycles. The lowest BCUT2D eigenvalue weighted by molar-refractivity contribution is 0.0851. The van der Waals surface area contributed by atoms with Gasteiger partial charge in [-0.3, -0.25) is 4.90 Å². The average molecular weight is 290 g/mol. The van der Waals surface area contributed by atoms with E-state index < -0.39 is 0 Å². The fourth-order valence-electron chi connectivity index (χ4n) is 3.26. The standard InChI is InChI=1S/C18H30N2O/c1-3-18(4-2)8-10-20(11-9-18)12-13-21-17-7-5-6-16(14-17)15-19/h5-7,14H,3-4,8-13,15,19H2,1-2H3. The highest BCUT2D eigenvalue weighted by Crippen LogP contribution is 2.37. The Morgan fingerprint density at radius 2 is 1.90 bits per heavy atom. The Bertz CT molecular complexity index is 419. The lowest BCUT2D eigenvalue weighted by atomic mass is 9.74. The van der Waals surface area contributed by atoms with Crippen LogP contribution in [0.1, 0.15) is 45.1 Å². The van der Waals surface area contributed by atoms with Gasteiger partial charge in [0, 0.05) is 13.1 Å². The minimum absolute atomic E-state index is 0.569. The van der Waals surface area contributed by atoms with Gasteiger partial charge in [-0.15, -0.1) is 0 Å². The fraction of sp³-hybridized carbons (Fsp3) is 0.667. The quantitative estimate of drug-likeness (QED) is 0.836. The second-order valence-corrected chi connectivity index (χ2v) is 6.25. The molecule has 0 bridgehead atoms. The van der Waals surface area contributed by atoms with E-state index in [-0.39, 0.29) is 0 Å². The maximum absolute atomic E-state index is 5.86. The first-order valence-corrected chi connectivity index (χ1v) is 8.35. The normalized spacial score (nSPS) is 18.6. The molecule has 1 fully saturated rings. The van der Waals surface area contributed by atoms with Crippen LogP contribution in [0.5, 0.6) is 5.75 Å². The minimum atomic E-state index is 0.569. The highest BCUT2D eigenvalue weighted by atomic mass is 16.5. The van der Waals surface area contributed by atoms with Crippen molar-refractivity contribution in [3.05, 3.63) is 29.8 Å². The topological polar surface area (TPSA) is 38.5 Å². The first kappa shape index (κ1) is 16.3. The summed E-state index contributed by atoms with van der Waals surface area (Å²) >= 11 is 0. The van der Waals surface area contributed by atoms with E-state index >= 15 is 0 Å². The molecule has 0 spiro atoms. The molecule has 0 atom stereocenters. The van der Waals surface area contributed by atoms with Crippen molar-refractivity contribution < 1.29 is 4.74 Å². The van der Waals surface area contributed by atoms with Gasteiger partial charge in [0.25, 0.3) is 0 Å². The number of benzene rings is 1. The van der Waals surface area contributed by atoms with Crippen LogP contribution in [0.4, 0.5) is 0 Å². The molecule has 21 heavy (non-hydrogen) atoms. The molecule has 0 radical (unpaired) electrons. The van der Waals surface area contributed by atoms with Crippen molar-refractivity contribution in [3.8, 4) is 5.75 Å². The molecule has 0 saturated carbocycles. The van der Waals surface area contributed by atoms with Gasteiger partial charge in [0.1, 0.15) is 12.4 Å². The summed E-state index contributed by atoms with van der Waals surface area (Å²) in [7, 11) is 0. The zero-order valence-electron chi connectivity index (χ0n) is 13.6. The van der Waals surface area contributed by atoms with Crippen molar-refractivity contribution in [3.63, 3.8) is 0 Å². The van der Waals surface area contributed by atoms with Crippen LogP contribution >= 0.6 is 0 Å². The smallest absolute Gasteiger partial charge is 0.119 e. The molecule has 2 rings (SSSR count). The van der Waals surface area contributed by atoms with Crippen LogP contribution in [0.25, 0.3) is 0 Å². The van der Waals surface area contributed by atoms with Crippen LogP contribution in [0, 0.1) is 5.41 Å². The van der Waals surface area contributed by atoms with Gasteiger partial charge in [0.05, 0.1) is 0 Å². The molecule has 3 heteroatoms. The van der Waals surface area contributed by atoms with E-state index in [9.17, 15) is 0 Å². The van der Waals surface area contributed by atoms with Crippen LogP contribution in [-0.4, -0.2) is 31.1 Å². The minimum Gasteiger partial charge on any atom is -0.492 e. The summed E-state index contributed by atoms with van der Waals surface area (Å²) in [5.41, 5.74) is 7.38. The van der Waals surface area contributed by atoms with Crippen LogP contribution in [-0.2, 0) is 6.54 Å². The maximum atomic E-state index is 5.86. The third-order valence-corrected chi connectivity index (χ3v) is 5.23. The van der Waals surface area contributed by atoms with Gasteiger partial charge < -0.3 is 10.5 Å². The molecule has 0 unspecified atom stereocenters. The van der Waals surface area contributed by atoms with E-state index in [4.69, 9.17) is 10.5 Å². The second-order valence-electron chi connectivity index (χ2n) is 6.25. The predicted octanol–water partition coefficient (Wildman–Crippen LogP) is 3.43. The van der Waals surface area contributed by atoms with Gasteiger partial charge >= 0.3 is 0 Å². The Morgan fingerprint density at radius 1 is 1.19 bits per heavy atom. The van der Waals surface area contributed by atoms with E-state index in [1.54, 1.807) is 0 Å². The monoisotopic (exact) mass is 290 g/mol. The first-order valence-electron chi connectivity index (χ1n) is 8.35. The number of piperidine rings is 1. The van der Waals surface area contributed by atoms with Gasteiger partial charge in [-0.25, -0.2) is 0 Å². The van der Waals surface area contributed by atoms with E-state index in [2.05, 4.69) is 18.7 Å². The summed E-state index contributed by atoms with van der Waals surface area (Å²) in [4.78, 5) is 2.54. The molecule has 3 nitrogen and oxygen atoms in total. The Balaban J connectivity index is 1.72. The molecule has 1 aromatic carbocycles. The van der Waals surface area contributed by atoms with Crippen LogP contribution in [0.3, 0.4) is 0 Å². The van der Waals surface area contributed by atoms with E-state index in [1.807, 2.05) is 24.3 Å². The summed E-state index contributed by atoms with van der Waals surface area (Å²) in [6, 6.07) is 8.09. The fourth-order valence-corrected chi connectivity index (χ4v) is 3.26. The number of nitrogens with two attached hydrogens (primary N) is 1. The highest BCUT2D eigenvalue weighted by molar-refractivity contribution is 5.28. The van der Waals surface area contributed by atoms with Crippen LogP contribution in [0.2, 0.25) is 0 Å². The third kappa shape index (κ3) is 4.45. The lowest BCUT2D eigenvalue weighted by Gasteiger charge is -2.41. The number of hydrogen-bond acceptors (Lipinski definition) is 3. The molecular formula is C18H30N2O. The summed E-state index contributed by atoms with van der Waals surface area (Å²) in [5.74, 6) is 0.937. The Kier molecular flexibility index (Phi) is 6.07. The van der Waals surface area contributed by atoms with Crippen LogP contribution in [0.15, 0.2) is 24.3 Å². The van der Waals surface area contributed by atoms with E-state index in [1.165, 1.54) is 38.8 Å². The molecule has 0 aliphatic carbocycles. The molecule has 1 aliphatic rings. The number of hydrogen-bond donors (Lipinski definition) is 1. The molecule has 1 heterocycles. The largest absolute Gasteiger partial charge is 0.492 e. The molecule has 1 aromatic rings. The zero-order valence-corrected chi connectivity index (χ0v) is 13.6. The number of ether oxygens (including phenoxy) is 1. The summed E-state index contributed by atoms with van der Waals surface area (Å²) in [5, 5.41) is 0. The summed E-state index contributed by atoms with van der Waals surface area (Å²) < 4.78 is 5.86. The van der Waals surface area contributed by atoms with Crippen molar-refractivity contribution in [2.75, 3.05) is 26.2 Å². The number of rotatable bonds is 7. The maximum Gasteiger partial charge on any atom is 0.119 e. The molecular weight excluding hydrogens is 260 g/mol. The molecule has 0 aromatic heterocycles. The van der Waals surface area contributed by atoms with Crippen molar-refractivity contribution in [2.24, 2.45) is 11.1 Å². The van der Waals surface area contributed by atoms with Gasteiger partial charge in [0.15, 0.2) is 0 Å². The summed E-state index contributed by atoms with van der Waals surface area (Å²) in [6.45, 7) is 9.47. The molecule has 1 aliphatic heterocycles. The van der Waals surface area contributed by atoms with E-state index in [0.29, 0.717) is 12.0 Å². The molecule has 118 valence electrons. The van der Waals surface area contributed by atoms with Crippen molar-refractivity contribution in [2.45, 2.75) is 46.1 Å². The summed E-state index contributed by atoms with van der Waals surface area (Å²) in [6.07, 6.45) is 5.31. The second kappa shape index (κ2) is 7.81. The SMILES string of the molecule is CCC1(CC)CCN(CCOc2cccc(CN)c2)CC1. The van der Waals surface area contributed by atoms with Crippen LogP contribution < -0.4 is 10.5 Å². The van der Waals surface area contributed by atoms with Gasteiger partial charge in [-0.1, -0.05) is 38.8 Å². The Morgan fingerprint density at radius 3 is 2.52 bits per heavy atom. The third-order valence-electron chi connectivity index (χ3n) is 5.23. The van der Waals surface area contributed by atoms with E-state index in [0.717, 1.165) is 24.5 Å². The van der Waals surface area contributed by atoms with Gasteiger partial charge in [0.2, 0.25) is 0 Å². The highest BCUT2D eigenvalue weighted by Gasteiger charge is 2.30. The van der Waals surface area contributed by atoms with Gasteiger partial charge in [-0.2, -0.15) is 0 Å². The number of likely N-dealkylation sites (tertiary alicyclic amines) is 1. The predicted molar refractivity (Wildman–Crippen MR) is 88.5 cm³/mol. The van der Waals surface area contributed by atoms with Gasteiger partial charge in [-0.05, 0) is 49.0 Å². The number of nitrogens with zero attached hydrogens (tertiary/aromatic N) is 1. The van der Waals surface area contributed by atoms with Crippen molar-refractivity contribution >= 4 is 0 Å². The molecule has 2 N–H and O–H groups in total. The van der Waals surface area contributed by atoms with Crippen molar-refractivity contribution in [1.82, 2.24) is 4.90 Å². The Labute approximate surface area is 129 Å². The Hall–Kier alpha value is -1.06. The zero-order chi connectivity index (χ0) is 15.1.